The third-order valence-corrected chi connectivity index (χ3v) is 6.18. The van der Waals surface area contributed by atoms with Crippen LogP contribution in [0.2, 0.25) is 0 Å². The lowest BCUT2D eigenvalue weighted by molar-refractivity contribution is -0.131. The Balaban J connectivity index is 1.70. The predicted molar refractivity (Wildman–Crippen MR) is 110 cm³/mol. The van der Waals surface area contributed by atoms with Crippen LogP contribution in [0, 0.1) is 20.8 Å². The minimum Gasteiger partial charge on any atom is -0.353 e. The van der Waals surface area contributed by atoms with Crippen molar-refractivity contribution in [1.82, 2.24) is 29.0 Å². The number of hydrogen-bond donors (Lipinski definition) is 0. The van der Waals surface area contributed by atoms with Crippen LogP contribution in [0.5, 0.6) is 0 Å². The van der Waals surface area contributed by atoms with E-state index in [9.17, 15) is 13.2 Å². The standard InChI is InChI=1S/C18H27N7O3S/c1-13-10-14(2)25(21-13)17-11-16(19-15(3)20-17)23-6-8-24(9-7-23)18(26)12-22(4)29(5,27)28/h10-11H,6-9,12H2,1-5H3. The number of anilines is 1. The summed E-state index contributed by atoms with van der Waals surface area (Å²) in [7, 11) is -1.97. The lowest BCUT2D eigenvalue weighted by atomic mass is 10.3. The van der Waals surface area contributed by atoms with E-state index in [4.69, 9.17) is 0 Å². The maximum atomic E-state index is 12.4. The number of piperazine rings is 1. The van der Waals surface area contributed by atoms with Gasteiger partial charge in [0.15, 0.2) is 5.82 Å². The highest BCUT2D eigenvalue weighted by Gasteiger charge is 2.25. The molecule has 158 valence electrons. The van der Waals surface area contributed by atoms with Crippen molar-refractivity contribution in [2.24, 2.45) is 0 Å². The van der Waals surface area contributed by atoms with Gasteiger partial charge in [0, 0.05) is 45.0 Å². The summed E-state index contributed by atoms with van der Waals surface area (Å²) in [6, 6.07) is 3.90. The second kappa shape index (κ2) is 8.07. The van der Waals surface area contributed by atoms with Gasteiger partial charge in [0.2, 0.25) is 15.9 Å². The molecule has 2 aromatic rings. The molecule has 0 atom stereocenters. The van der Waals surface area contributed by atoms with Crippen LogP contribution in [0.25, 0.3) is 5.82 Å². The van der Waals surface area contributed by atoms with E-state index < -0.39 is 10.0 Å². The molecule has 0 unspecified atom stereocenters. The van der Waals surface area contributed by atoms with E-state index in [1.165, 1.54) is 7.05 Å². The quantitative estimate of drug-likeness (QED) is 0.676. The SMILES string of the molecule is Cc1cc(C)n(-c2cc(N3CCN(C(=O)CN(C)S(C)(=O)=O)CC3)nc(C)n2)n1. The third-order valence-electron chi connectivity index (χ3n) is 4.92. The predicted octanol–water partition coefficient (Wildman–Crippen LogP) is 0.128. The Morgan fingerprint density at radius 2 is 1.69 bits per heavy atom. The maximum absolute atomic E-state index is 12.4. The number of nitrogens with zero attached hydrogens (tertiary/aromatic N) is 7. The lowest BCUT2D eigenvalue weighted by Crippen LogP contribution is -2.51. The summed E-state index contributed by atoms with van der Waals surface area (Å²) >= 11 is 0. The first-order valence-electron chi connectivity index (χ1n) is 9.38. The molecule has 2 aromatic heterocycles. The van der Waals surface area contributed by atoms with Crippen molar-refractivity contribution in [2.75, 3.05) is 50.9 Å². The normalized spacial score (nSPS) is 15.2. The molecule has 0 bridgehead atoms. The molecule has 3 rings (SSSR count). The number of sulfonamides is 1. The molecule has 0 N–H and O–H groups in total. The van der Waals surface area contributed by atoms with Crippen LogP contribution in [0.15, 0.2) is 12.1 Å². The highest BCUT2D eigenvalue weighted by molar-refractivity contribution is 7.88. The molecule has 1 saturated heterocycles. The second-order valence-corrected chi connectivity index (χ2v) is 9.45. The summed E-state index contributed by atoms with van der Waals surface area (Å²) in [5.41, 5.74) is 1.92. The topological polar surface area (TPSA) is 105 Å². The van der Waals surface area contributed by atoms with Crippen molar-refractivity contribution in [3.05, 3.63) is 29.3 Å². The average molecular weight is 422 g/mol. The number of aryl methyl sites for hydroxylation is 3. The number of hydrogen-bond acceptors (Lipinski definition) is 7. The van der Waals surface area contributed by atoms with Gasteiger partial charge >= 0.3 is 0 Å². The first-order chi connectivity index (χ1) is 13.5. The molecule has 0 saturated carbocycles. The highest BCUT2D eigenvalue weighted by atomic mass is 32.2. The molecular formula is C18H27N7O3S. The Kier molecular flexibility index (Phi) is 5.90. The van der Waals surface area contributed by atoms with Crippen LogP contribution in [0.3, 0.4) is 0 Å². The number of amides is 1. The van der Waals surface area contributed by atoms with Crippen molar-refractivity contribution < 1.29 is 13.2 Å². The number of rotatable bonds is 5. The van der Waals surface area contributed by atoms with Crippen LogP contribution in [0.4, 0.5) is 5.82 Å². The molecule has 0 radical (unpaired) electrons. The number of carbonyl (C=O) groups excluding carboxylic acids is 1. The van der Waals surface area contributed by atoms with Gasteiger partial charge in [0.05, 0.1) is 18.5 Å². The Labute approximate surface area is 171 Å². The smallest absolute Gasteiger partial charge is 0.238 e. The summed E-state index contributed by atoms with van der Waals surface area (Å²) in [6.07, 6.45) is 1.09. The molecule has 0 aromatic carbocycles. The summed E-state index contributed by atoms with van der Waals surface area (Å²) < 4.78 is 25.9. The molecule has 0 aliphatic carbocycles. The van der Waals surface area contributed by atoms with Crippen molar-refractivity contribution in [2.45, 2.75) is 20.8 Å². The Morgan fingerprint density at radius 3 is 2.24 bits per heavy atom. The van der Waals surface area contributed by atoms with E-state index in [0.29, 0.717) is 37.8 Å². The molecule has 29 heavy (non-hydrogen) atoms. The average Bonchev–Trinajstić information content (AvgIpc) is 2.98. The Bertz CT molecular complexity index is 1010. The Morgan fingerprint density at radius 1 is 1.07 bits per heavy atom. The minimum absolute atomic E-state index is 0.145. The first-order valence-corrected chi connectivity index (χ1v) is 11.2. The maximum Gasteiger partial charge on any atom is 0.238 e. The fourth-order valence-electron chi connectivity index (χ4n) is 3.26. The van der Waals surface area contributed by atoms with Gasteiger partial charge in [-0.05, 0) is 26.8 Å². The zero-order valence-electron chi connectivity index (χ0n) is 17.5. The summed E-state index contributed by atoms with van der Waals surface area (Å²) in [4.78, 5) is 25.2. The van der Waals surface area contributed by atoms with Crippen LogP contribution in [-0.2, 0) is 14.8 Å². The van der Waals surface area contributed by atoms with Gasteiger partial charge in [-0.2, -0.15) is 9.40 Å². The lowest BCUT2D eigenvalue weighted by Gasteiger charge is -2.36. The molecule has 1 fully saturated rings. The van der Waals surface area contributed by atoms with Gasteiger partial charge < -0.3 is 9.80 Å². The van der Waals surface area contributed by atoms with Crippen molar-refractivity contribution in [3.8, 4) is 5.82 Å². The van der Waals surface area contributed by atoms with E-state index in [-0.39, 0.29) is 12.5 Å². The first kappa shape index (κ1) is 21.2. The number of likely N-dealkylation sites (N-methyl/N-ethyl adjacent to an activating group) is 1. The minimum atomic E-state index is -3.38. The van der Waals surface area contributed by atoms with Crippen molar-refractivity contribution in [1.29, 1.82) is 0 Å². The highest BCUT2D eigenvalue weighted by Crippen LogP contribution is 2.19. The summed E-state index contributed by atoms with van der Waals surface area (Å²) in [5, 5.41) is 4.49. The molecule has 10 nitrogen and oxygen atoms in total. The molecule has 3 heterocycles. The van der Waals surface area contributed by atoms with Gasteiger partial charge in [-0.25, -0.2) is 23.1 Å². The molecule has 1 amide bonds. The molecule has 1 aliphatic rings. The zero-order valence-corrected chi connectivity index (χ0v) is 18.3. The monoisotopic (exact) mass is 421 g/mol. The summed E-state index contributed by atoms with van der Waals surface area (Å²) in [6.45, 7) is 7.87. The summed E-state index contributed by atoms with van der Waals surface area (Å²) in [5.74, 6) is 1.96. The largest absolute Gasteiger partial charge is 0.353 e. The molecular weight excluding hydrogens is 394 g/mol. The van der Waals surface area contributed by atoms with Crippen molar-refractivity contribution in [3.63, 3.8) is 0 Å². The van der Waals surface area contributed by atoms with Gasteiger partial charge in [0.25, 0.3) is 0 Å². The van der Waals surface area contributed by atoms with E-state index in [1.54, 1.807) is 9.58 Å². The van der Waals surface area contributed by atoms with Crippen LogP contribution in [-0.4, -0.2) is 89.3 Å². The molecule has 1 aliphatic heterocycles. The van der Waals surface area contributed by atoms with Gasteiger partial charge in [-0.15, -0.1) is 0 Å². The van der Waals surface area contributed by atoms with Gasteiger partial charge in [-0.3, -0.25) is 4.79 Å². The molecule has 11 heteroatoms. The third kappa shape index (κ3) is 4.91. The van der Waals surface area contributed by atoms with E-state index >= 15 is 0 Å². The van der Waals surface area contributed by atoms with E-state index in [1.807, 2.05) is 32.9 Å². The van der Waals surface area contributed by atoms with Crippen LogP contribution < -0.4 is 4.90 Å². The zero-order chi connectivity index (χ0) is 21.3. The van der Waals surface area contributed by atoms with Crippen LogP contribution >= 0.6 is 0 Å². The Hall–Kier alpha value is -2.53. The van der Waals surface area contributed by atoms with Gasteiger partial charge in [-0.1, -0.05) is 0 Å². The van der Waals surface area contributed by atoms with E-state index in [2.05, 4.69) is 20.0 Å². The fraction of sp³-hybridized carbons (Fsp3) is 0.556. The number of carbonyl (C=O) groups is 1. The van der Waals surface area contributed by atoms with Crippen LogP contribution in [0.1, 0.15) is 17.2 Å². The van der Waals surface area contributed by atoms with Gasteiger partial charge in [0.1, 0.15) is 11.6 Å². The second-order valence-electron chi connectivity index (χ2n) is 7.36. The molecule has 0 spiro atoms. The number of aromatic nitrogens is 4. The van der Waals surface area contributed by atoms with Crippen molar-refractivity contribution >= 4 is 21.7 Å². The van der Waals surface area contributed by atoms with E-state index in [0.717, 1.165) is 27.8 Å². The fourth-order valence-corrected chi connectivity index (χ4v) is 3.61.